The molecule has 2 aromatic rings. The Bertz CT molecular complexity index is 1020. The van der Waals surface area contributed by atoms with Crippen LogP contribution in [-0.4, -0.2) is 53.7 Å². The number of fused-ring (bicyclic) bond motifs is 3. The van der Waals surface area contributed by atoms with Gasteiger partial charge in [-0.1, -0.05) is 62.4 Å². The van der Waals surface area contributed by atoms with E-state index < -0.39 is 24.0 Å². The van der Waals surface area contributed by atoms with Gasteiger partial charge in [0.05, 0.1) is 5.92 Å². The Labute approximate surface area is 200 Å². The van der Waals surface area contributed by atoms with Crippen molar-refractivity contribution in [3.05, 3.63) is 59.7 Å². The molecule has 2 aliphatic rings. The predicted molar refractivity (Wildman–Crippen MR) is 128 cm³/mol. The van der Waals surface area contributed by atoms with Crippen molar-refractivity contribution in [3.8, 4) is 11.1 Å². The Hall–Kier alpha value is -3.35. The van der Waals surface area contributed by atoms with Gasteiger partial charge in [-0.2, -0.15) is 0 Å². The largest absolute Gasteiger partial charge is 0.481 e. The number of hydrogen-bond donors (Lipinski definition) is 2. The molecule has 0 radical (unpaired) electrons. The number of carbonyl (C=O) groups is 3. The summed E-state index contributed by atoms with van der Waals surface area (Å²) in [6.07, 6.45) is 0.837. The van der Waals surface area contributed by atoms with Gasteiger partial charge in [-0.05, 0) is 41.0 Å². The fourth-order valence-electron chi connectivity index (χ4n) is 4.97. The molecule has 0 unspecified atom stereocenters. The first-order valence-corrected chi connectivity index (χ1v) is 12.0. The smallest absolute Gasteiger partial charge is 0.407 e. The van der Waals surface area contributed by atoms with Crippen LogP contribution in [0.5, 0.6) is 0 Å². The van der Waals surface area contributed by atoms with Crippen LogP contribution in [0.3, 0.4) is 0 Å². The zero-order valence-electron chi connectivity index (χ0n) is 19.7. The van der Waals surface area contributed by atoms with Crippen molar-refractivity contribution >= 4 is 18.0 Å². The second-order valence-corrected chi connectivity index (χ2v) is 9.54. The number of ether oxygens (including phenoxy) is 1. The van der Waals surface area contributed by atoms with Crippen molar-refractivity contribution in [1.29, 1.82) is 0 Å². The van der Waals surface area contributed by atoms with Gasteiger partial charge >= 0.3 is 12.1 Å². The Morgan fingerprint density at radius 2 is 1.68 bits per heavy atom. The van der Waals surface area contributed by atoms with Gasteiger partial charge in [-0.3, -0.25) is 9.59 Å². The minimum atomic E-state index is -0.866. The maximum Gasteiger partial charge on any atom is 0.407 e. The summed E-state index contributed by atoms with van der Waals surface area (Å²) in [5, 5.41) is 12.2. The number of benzene rings is 2. The van der Waals surface area contributed by atoms with Crippen molar-refractivity contribution in [2.75, 3.05) is 19.7 Å². The maximum absolute atomic E-state index is 12.8. The molecule has 1 aliphatic carbocycles. The van der Waals surface area contributed by atoms with E-state index >= 15 is 0 Å². The first-order chi connectivity index (χ1) is 16.3. The minimum absolute atomic E-state index is 0.0180. The van der Waals surface area contributed by atoms with E-state index in [1.807, 2.05) is 38.1 Å². The number of nitrogens with one attached hydrogen (secondary N) is 1. The van der Waals surface area contributed by atoms with E-state index in [0.717, 1.165) is 11.1 Å². The molecule has 0 spiro atoms. The summed E-state index contributed by atoms with van der Waals surface area (Å²) in [4.78, 5) is 38.5. The fraction of sp³-hybridized carbons (Fsp3) is 0.444. The number of carboxylic acids is 1. The number of hydrogen-bond acceptors (Lipinski definition) is 4. The molecule has 1 aliphatic heterocycles. The molecule has 4 rings (SSSR count). The lowest BCUT2D eigenvalue weighted by Crippen LogP contribution is -2.47. The third-order valence-corrected chi connectivity index (χ3v) is 6.97. The van der Waals surface area contributed by atoms with Gasteiger partial charge in [0, 0.05) is 31.5 Å². The minimum Gasteiger partial charge on any atom is -0.481 e. The molecule has 0 bridgehead atoms. The lowest BCUT2D eigenvalue weighted by molar-refractivity contribution is -0.145. The van der Waals surface area contributed by atoms with E-state index in [1.54, 1.807) is 4.90 Å². The zero-order valence-corrected chi connectivity index (χ0v) is 19.7. The molecule has 1 heterocycles. The number of aliphatic carboxylic acids is 1. The molecule has 7 nitrogen and oxygen atoms in total. The van der Waals surface area contributed by atoms with Crippen LogP contribution in [0, 0.1) is 11.8 Å². The topological polar surface area (TPSA) is 95.9 Å². The lowest BCUT2D eigenvalue weighted by Gasteiger charge is -2.32. The molecule has 0 aromatic heterocycles. The van der Waals surface area contributed by atoms with Crippen molar-refractivity contribution in [1.82, 2.24) is 10.2 Å². The Kier molecular flexibility index (Phi) is 7.20. The van der Waals surface area contributed by atoms with Gasteiger partial charge in [0.15, 0.2) is 0 Å². The highest BCUT2D eigenvalue weighted by molar-refractivity contribution is 5.80. The molecule has 1 saturated heterocycles. The van der Waals surface area contributed by atoms with Crippen LogP contribution in [0.25, 0.3) is 11.1 Å². The monoisotopic (exact) mass is 464 g/mol. The van der Waals surface area contributed by atoms with Crippen LogP contribution < -0.4 is 5.32 Å². The zero-order chi connectivity index (χ0) is 24.2. The van der Waals surface area contributed by atoms with E-state index in [1.165, 1.54) is 11.1 Å². The third kappa shape index (κ3) is 5.08. The summed E-state index contributed by atoms with van der Waals surface area (Å²) in [6.45, 7) is 4.88. The van der Waals surface area contributed by atoms with Gasteiger partial charge in [0.1, 0.15) is 6.61 Å². The quantitative estimate of drug-likeness (QED) is 0.638. The molecule has 34 heavy (non-hydrogen) atoms. The second-order valence-electron chi connectivity index (χ2n) is 9.54. The molecular weight excluding hydrogens is 432 g/mol. The number of carbonyl (C=O) groups excluding carboxylic acids is 2. The molecule has 0 saturated carbocycles. The number of nitrogens with zero attached hydrogens (tertiary/aromatic N) is 1. The van der Waals surface area contributed by atoms with E-state index in [2.05, 4.69) is 29.6 Å². The van der Waals surface area contributed by atoms with E-state index in [-0.39, 0.29) is 37.3 Å². The molecule has 2 N–H and O–H groups in total. The number of amides is 2. The van der Waals surface area contributed by atoms with Crippen LogP contribution >= 0.6 is 0 Å². The van der Waals surface area contributed by atoms with E-state index in [0.29, 0.717) is 19.4 Å². The standard InChI is InChI=1S/C27H32N2O5/c1-17(2)24(14-25(30)29-13-7-8-18(15-29)26(31)32)28-27(33)34-16-23-21-11-5-3-9-19(21)20-10-4-6-12-22(20)23/h3-6,9-12,17-18,23-24H,7-8,13-16H2,1-2H3,(H,28,33)(H,31,32)/t18-,24+/m1/s1. The van der Waals surface area contributed by atoms with Crippen LogP contribution in [0.15, 0.2) is 48.5 Å². The average molecular weight is 465 g/mol. The number of rotatable bonds is 7. The predicted octanol–water partition coefficient (Wildman–Crippen LogP) is 4.26. The molecule has 1 fully saturated rings. The summed E-state index contributed by atoms with van der Waals surface area (Å²) in [7, 11) is 0. The molecular formula is C27H32N2O5. The fourth-order valence-corrected chi connectivity index (χ4v) is 4.97. The molecule has 2 atom stereocenters. The highest BCUT2D eigenvalue weighted by atomic mass is 16.5. The van der Waals surface area contributed by atoms with Crippen LogP contribution in [0.2, 0.25) is 0 Å². The SMILES string of the molecule is CC(C)[C@H](CC(=O)N1CCC[C@@H](C(=O)O)C1)NC(=O)OCC1c2ccccc2-c2ccccc21. The van der Waals surface area contributed by atoms with Crippen molar-refractivity contribution < 1.29 is 24.2 Å². The lowest BCUT2D eigenvalue weighted by atomic mass is 9.96. The first-order valence-electron chi connectivity index (χ1n) is 12.0. The summed E-state index contributed by atoms with van der Waals surface area (Å²) in [6, 6.07) is 15.9. The molecule has 2 amide bonds. The van der Waals surface area contributed by atoms with Crippen LogP contribution in [0.1, 0.15) is 50.2 Å². The number of piperidine rings is 1. The van der Waals surface area contributed by atoms with E-state index in [4.69, 9.17) is 4.74 Å². The molecule has 180 valence electrons. The highest BCUT2D eigenvalue weighted by Gasteiger charge is 2.32. The number of carboxylic acid groups (broad SMARTS) is 1. The van der Waals surface area contributed by atoms with Gasteiger partial charge in [-0.15, -0.1) is 0 Å². The van der Waals surface area contributed by atoms with E-state index in [9.17, 15) is 19.5 Å². The highest BCUT2D eigenvalue weighted by Crippen LogP contribution is 2.44. The van der Waals surface area contributed by atoms with Crippen molar-refractivity contribution in [2.45, 2.75) is 45.1 Å². The maximum atomic E-state index is 12.8. The summed E-state index contributed by atoms with van der Waals surface area (Å²) < 4.78 is 5.64. The Morgan fingerprint density at radius 3 is 2.26 bits per heavy atom. The normalized spacial score (nSPS) is 18.2. The van der Waals surface area contributed by atoms with Crippen LogP contribution in [0.4, 0.5) is 4.79 Å². The Balaban J connectivity index is 1.36. The third-order valence-electron chi connectivity index (χ3n) is 6.97. The summed E-state index contributed by atoms with van der Waals surface area (Å²) in [5.74, 6) is -1.54. The van der Waals surface area contributed by atoms with Gasteiger partial charge in [-0.25, -0.2) is 4.79 Å². The van der Waals surface area contributed by atoms with Crippen LogP contribution in [-0.2, 0) is 14.3 Å². The molecule has 2 aromatic carbocycles. The molecule has 7 heteroatoms. The van der Waals surface area contributed by atoms with Crippen molar-refractivity contribution in [3.63, 3.8) is 0 Å². The van der Waals surface area contributed by atoms with Gasteiger partial charge < -0.3 is 20.1 Å². The Morgan fingerprint density at radius 1 is 1.06 bits per heavy atom. The summed E-state index contributed by atoms with van der Waals surface area (Å²) >= 11 is 0. The number of likely N-dealkylation sites (tertiary alicyclic amines) is 1. The number of alkyl carbamates (subject to hydrolysis) is 1. The van der Waals surface area contributed by atoms with Crippen molar-refractivity contribution in [2.24, 2.45) is 11.8 Å². The van der Waals surface area contributed by atoms with Gasteiger partial charge in [0.2, 0.25) is 5.91 Å². The average Bonchev–Trinajstić information content (AvgIpc) is 3.16. The second kappa shape index (κ2) is 10.3. The first kappa shape index (κ1) is 23.8. The van der Waals surface area contributed by atoms with Gasteiger partial charge in [0.25, 0.3) is 0 Å². The summed E-state index contributed by atoms with van der Waals surface area (Å²) in [5.41, 5.74) is 4.62.